The molecule has 3 aliphatic heterocycles. The summed E-state index contributed by atoms with van der Waals surface area (Å²) in [5, 5.41) is 0.572. The number of benzene rings is 1. The van der Waals surface area contributed by atoms with Crippen molar-refractivity contribution >= 4 is 12.7 Å². The van der Waals surface area contributed by atoms with E-state index in [1.165, 1.54) is 0 Å². The normalized spacial score (nSPS) is 44.0. The van der Waals surface area contributed by atoms with E-state index in [0.29, 0.717) is 11.9 Å². The maximum atomic E-state index is 13.9. The molecule has 0 radical (unpaired) electrons. The van der Waals surface area contributed by atoms with Crippen LogP contribution in [0.25, 0.3) is 0 Å². The maximum absolute atomic E-state index is 13.9. The van der Waals surface area contributed by atoms with Gasteiger partial charge in [0.2, 0.25) is 0 Å². The summed E-state index contributed by atoms with van der Waals surface area (Å²) in [4.78, 5) is 0. The number of hydrogen-bond acceptors (Lipinski definition) is 7. The lowest BCUT2D eigenvalue weighted by atomic mass is 10.0. The van der Waals surface area contributed by atoms with Gasteiger partial charge in [-0.05, 0) is 39.8 Å². The van der Waals surface area contributed by atoms with Gasteiger partial charge in [-0.15, -0.1) is 0 Å². The summed E-state index contributed by atoms with van der Waals surface area (Å²) in [6.45, 7) is 7.64. The molecule has 0 amide bonds. The molecule has 8 heteroatoms. The van der Waals surface area contributed by atoms with E-state index in [-0.39, 0.29) is 0 Å². The van der Waals surface area contributed by atoms with E-state index in [9.17, 15) is 4.57 Å². The summed E-state index contributed by atoms with van der Waals surface area (Å²) in [5.41, 5.74) is 6.40. The van der Waals surface area contributed by atoms with Gasteiger partial charge in [-0.25, -0.2) is 0 Å². The molecule has 1 aromatic carbocycles. The minimum absolute atomic E-state index is 0.328. The van der Waals surface area contributed by atoms with Crippen LogP contribution >= 0.6 is 7.37 Å². The number of fused-ring (bicyclic) bond motifs is 1. The van der Waals surface area contributed by atoms with Crippen molar-refractivity contribution < 1.29 is 28.0 Å². The average Bonchev–Trinajstić information content (AvgIpc) is 3.10. The second-order valence-corrected chi connectivity index (χ2v) is 10.4. The molecule has 3 aliphatic rings. The molecular weight excluding hydrogens is 357 g/mol. The molecule has 26 heavy (non-hydrogen) atoms. The molecule has 0 spiro atoms. The van der Waals surface area contributed by atoms with Crippen molar-refractivity contribution in [2.24, 2.45) is 5.73 Å². The van der Waals surface area contributed by atoms with Crippen molar-refractivity contribution in [3.8, 4) is 0 Å². The van der Waals surface area contributed by atoms with Crippen LogP contribution in [0.5, 0.6) is 0 Å². The average molecular weight is 383 g/mol. The Morgan fingerprint density at radius 2 is 1.62 bits per heavy atom. The Morgan fingerprint density at radius 3 is 2.23 bits per heavy atom. The smallest absolute Gasteiger partial charge is 0.251 e. The van der Waals surface area contributed by atoms with Crippen molar-refractivity contribution in [3.05, 3.63) is 30.3 Å². The maximum Gasteiger partial charge on any atom is 0.251 e. The van der Waals surface area contributed by atoms with Crippen LogP contribution < -0.4 is 11.0 Å². The highest BCUT2D eigenvalue weighted by molar-refractivity contribution is 7.67. The number of rotatable bonds is 2. The molecule has 0 unspecified atom stereocenters. The van der Waals surface area contributed by atoms with Crippen LogP contribution in [0.4, 0.5) is 0 Å². The van der Waals surface area contributed by atoms with E-state index < -0.39 is 49.1 Å². The highest BCUT2D eigenvalue weighted by Crippen LogP contribution is 2.59. The first-order chi connectivity index (χ1) is 12.1. The number of ether oxygens (including phenoxy) is 4. The molecule has 2 N–H and O–H groups in total. The molecule has 3 fully saturated rings. The van der Waals surface area contributed by atoms with Crippen molar-refractivity contribution in [3.63, 3.8) is 0 Å². The van der Waals surface area contributed by atoms with E-state index in [0.717, 1.165) is 0 Å². The largest absolute Gasteiger partial charge is 0.348 e. The van der Waals surface area contributed by atoms with Crippen LogP contribution in [-0.2, 0) is 28.0 Å². The molecule has 3 saturated heterocycles. The van der Waals surface area contributed by atoms with Crippen LogP contribution in [0.3, 0.4) is 0 Å². The van der Waals surface area contributed by atoms with Gasteiger partial charge in [0.1, 0.15) is 30.2 Å². The Bertz CT molecular complexity index is 724. The van der Waals surface area contributed by atoms with Crippen LogP contribution in [0.15, 0.2) is 30.3 Å². The summed E-state index contributed by atoms with van der Waals surface area (Å²) in [6, 6.07) is 9.05. The fourth-order valence-electron chi connectivity index (χ4n) is 3.87. The first-order valence-electron chi connectivity index (χ1n) is 8.88. The Hall–Kier alpha value is -0.790. The third kappa shape index (κ3) is 3.06. The minimum atomic E-state index is -3.40. The Labute approximate surface area is 153 Å². The summed E-state index contributed by atoms with van der Waals surface area (Å²) < 4.78 is 43.8. The molecule has 0 bridgehead atoms. The fourth-order valence-corrected chi connectivity index (χ4v) is 6.29. The van der Waals surface area contributed by atoms with Crippen LogP contribution in [0, 0.1) is 0 Å². The molecule has 144 valence electrons. The minimum Gasteiger partial charge on any atom is -0.348 e. The molecule has 7 nitrogen and oxygen atoms in total. The Morgan fingerprint density at radius 1 is 0.962 bits per heavy atom. The van der Waals surface area contributed by atoms with Crippen molar-refractivity contribution in [2.75, 3.05) is 6.61 Å². The lowest BCUT2D eigenvalue weighted by Crippen LogP contribution is -2.57. The second kappa shape index (κ2) is 6.11. The number of hydrogen-bond donors (Lipinski definition) is 1. The first-order valence-corrected chi connectivity index (χ1v) is 10.6. The van der Waals surface area contributed by atoms with E-state index in [2.05, 4.69) is 0 Å². The van der Waals surface area contributed by atoms with Gasteiger partial charge in [0.25, 0.3) is 7.37 Å². The van der Waals surface area contributed by atoms with Crippen molar-refractivity contribution in [1.29, 1.82) is 0 Å². The van der Waals surface area contributed by atoms with Gasteiger partial charge < -0.3 is 29.2 Å². The summed E-state index contributed by atoms with van der Waals surface area (Å²) in [5.74, 6) is -2.38. The van der Waals surface area contributed by atoms with Gasteiger partial charge in [0, 0.05) is 5.30 Å². The van der Waals surface area contributed by atoms with Gasteiger partial charge >= 0.3 is 0 Å². The summed E-state index contributed by atoms with van der Waals surface area (Å²) in [7, 11) is -3.40. The standard InChI is InChI=1S/C18H26NO6P/c1-17(2)21-10-12(22-17)13-14-15(24-18(3,4)23-14)16(19)26(20,25-13)11-8-6-5-7-9-11/h5-9,12-16H,10,19H2,1-4H3/t12-,13-,14+,15+,16-,26+/m1/s1. The first kappa shape index (κ1) is 18.6. The Balaban J connectivity index is 1.72. The summed E-state index contributed by atoms with van der Waals surface area (Å²) in [6.07, 6.45) is -2.05. The monoisotopic (exact) mass is 383 g/mol. The zero-order valence-electron chi connectivity index (χ0n) is 15.5. The van der Waals surface area contributed by atoms with Crippen LogP contribution in [0.2, 0.25) is 0 Å². The quantitative estimate of drug-likeness (QED) is 0.781. The zero-order chi connectivity index (χ0) is 18.7. The lowest BCUT2D eigenvalue weighted by Gasteiger charge is -2.42. The molecule has 0 aliphatic carbocycles. The van der Waals surface area contributed by atoms with Crippen LogP contribution in [-0.4, -0.2) is 48.4 Å². The molecule has 0 aromatic heterocycles. The van der Waals surface area contributed by atoms with Gasteiger partial charge in [0.15, 0.2) is 11.6 Å². The summed E-state index contributed by atoms with van der Waals surface area (Å²) >= 11 is 0. The topological polar surface area (TPSA) is 89.2 Å². The van der Waals surface area contributed by atoms with Crippen LogP contribution in [0.1, 0.15) is 27.7 Å². The van der Waals surface area contributed by atoms with Gasteiger partial charge in [-0.1, -0.05) is 18.2 Å². The lowest BCUT2D eigenvalue weighted by molar-refractivity contribution is -0.174. The van der Waals surface area contributed by atoms with E-state index in [1.807, 2.05) is 45.9 Å². The molecular formula is C18H26NO6P. The fraction of sp³-hybridized carbons (Fsp3) is 0.667. The third-order valence-corrected chi connectivity index (χ3v) is 7.66. The molecule has 1 aromatic rings. The van der Waals surface area contributed by atoms with E-state index in [1.54, 1.807) is 12.1 Å². The third-order valence-electron chi connectivity index (χ3n) is 5.01. The van der Waals surface area contributed by atoms with Gasteiger partial charge in [-0.2, -0.15) is 0 Å². The molecule has 0 saturated carbocycles. The SMILES string of the molecule is CC1(C)O[C@H]2[C@@H]([C@H]3COC(C)(C)O3)O[P@@](=O)(c3ccccc3)[C@@H](N)[C@H]2O1. The molecule has 3 heterocycles. The van der Waals surface area contributed by atoms with E-state index >= 15 is 0 Å². The van der Waals surface area contributed by atoms with Crippen molar-refractivity contribution in [1.82, 2.24) is 0 Å². The number of nitrogens with two attached hydrogens (primary N) is 1. The molecule has 4 rings (SSSR count). The highest BCUT2D eigenvalue weighted by Gasteiger charge is 2.61. The highest BCUT2D eigenvalue weighted by atomic mass is 31.2. The van der Waals surface area contributed by atoms with Crippen molar-refractivity contribution in [2.45, 2.75) is 69.5 Å². The van der Waals surface area contributed by atoms with Gasteiger partial charge in [0.05, 0.1) is 6.61 Å². The Kier molecular flexibility index (Phi) is 4.36. The van der Waals surface area contributed by atoms with Gasteiger partial charge in [-0.3, -0.25) is 4.57 Å². The predicted octanol–water partition coefficient (Wildman–Crippen LogP) is 1.95. The van der Waals surface area contributed by atoms with E-state index in [4.69, 9.17) is 29.2 Å². The zero-order valence-corrected chi connectivity index (χ0v) is 16.3. The molecule has 6 atom stereocenters. The second-order valence-electron chi connectivity index (χ2n) is 7.93. The predicted molar refractivity (Wildman–Crippen MR) is 95.3 cm³/mol.